The Hall–Kier alpha value is -1.49. The fraction of sp³-hybridized carbons (Fsp3) is 0.385. The van der Waals surface area contributed by atoms with E-state index in [1.54, 1.807) is 0 Å². The molecule has 1 fully saturated rings. The first-order valence-electron chi connectivity index (χ1n) is 5.94. The van der Waals surface area contributed by atoms with Crippen molar-refractivity contribution < 1.29 is 13.3 Å². The largest absolute Gasteiger partial charge is 0.338 e. The number of benzene rings is 1. The molecule has 0 unspecified atom stereocenters. The molecule has 2 aromatic rings. The number of alkyl halides is 2. The van der Waals surface area contributed by atoms with Crippen LogP contribution < -0.4 is 0 Å². The molecule has 1 aromatic heterocycles. The van der Waals surface area contributed by atoms with Crippen molar-refractivity contribution in [2.75, 3.05) is 0 Å². The molecule has 1 aliphatic rings. The second-order valence-corrected chi connectivity index (χ2v) is 5.02. The molecule has 6 heteroatoms. The molecule has 0 radical (unpaired) electrons. The summed E-state index contributed by atoms with van der Waals surface area (Å²) >= 11 is 5.57. The van der Waals surface area contributed by atoms with Gasteiger partial charge >= 0.3 is 0 Å². The van der Waals surface area contributed by atoms with Gasteiger partial charge in [0.1, 0.15) is 17.4 Å². The van der Waals surface area contributed by atoms with Crippen LogP contribution in [0.2, 0.25) is 0 Å². The van der Waals surface area contributed by atoms with Crippen LogP contribution in [-0.2, 0) is 11.5 Å². The Morgan fingerprint density at radius 2 is 2.00 bits per heavy atom. The molecule has 0 aliphatic heterocycles. The molecule has 0 saturated heterocycles. The van der Waals surface area contributed by atoms with Gasteiger partial charge in [0.25, 0.3) is 0 Å². The minimum Gasteiger partial charge on any atom is -0.338 e. The highest BCUT2D eigenvalue weighted by Gasteiger charge is 2.48. The smallest absolute Gasteiger partial charge is 0.241 e. The number of nitrogens with zero attached hydrogens (tertiary/aromatic N) is 2. The maximum Gasteiger partial charge on any atom is 0.241 e. The number of rotatable bonds is 3. The van der Waals surface area contributed by atoms with Crippen molar-refractivity contribution in [3.63, 3.8) is 0 Å². The average molecular weight is 285 g/mol. The number of hydrogen-bond acceptors (Lipinski definition) is 3. The highest BCUT2D eigenvalue weighted by molar-refractivity contribution is 6.16. The molecule has 3 nitrogen and oxygen atoms in total. The zero-order chi connectivity index (χ0) is 13.5. The van der Waals surface area contributed by atoms with Gasteiger partial charge in [-0.1, -0.05) is 17.3 Å². The lowest BCUT2D eigenvalue weighted by Gasteiger charge is -2.40. The third-order valence-corrected chi connectivity index (χ3v) is 3.69. The van der Waals surface area contributed by atoms with Gasteiger partial charge < -0.3 is 4.52 Å². The molecule has 0 atom stereocenters. The quantitative estimate of drug-likeness (QED) is 0.807. The second kappa shape index (κ2) is 4.56. The van der Waals surface area contributed by atoms with Crippen LogP contribution in [0, 0.1) is 5.82 Å². The van der Waals surface area contributed by atoms with Gasteiger partial charge in [0.05, 0.1) is 0 Å². The number of hydrogen-bond donors (Lipinski definition) is 0. The summed E-state index contributed by atoms with van der Waals surface area (Å²) in [5.41, 5.74) is -0.939. The summed E-state index contributed by atoms with van der Waals surface area (Å²) in [4.78, 5) is 4.09. The van der Waals surface area contributed by atoms with E-state index in [-0.39, 0.29) is 30.5 Å². The summed E-state index contributed by atoms with van der Waals surface area (Å²) in [6.45, 7) is 0. The molecule has 19 heavy (non-hydrogen) atoms. The number of halogens is 3. The van der Waals surface area contributed by atoms with Crippen molar-refractivity contribution in [1.29, 1.82) is 0 Å². The zero-order valence-electron chi connectivity index (χ0n) is 9.94. The average Bonchev–Trinajstić information content (AvgIpc) is 2.84. The minimum atomic E-state index is -1.43. The van der Waals surface area contributed by atoms with Crippen LogP contribution in [0.3, 0.4) is 0 Å². The Kier molecular flexibility index (Phi) is 3.01. The Morgan fingerprint density at radius 3 is 2.58 bits per heavy atom. The Morgan fingerprint density at radius 1 is 1.32 bits per heavy atom. The van der Waals surface area contributed by atoms with Gasteiger partial charge in [-0.05, 0) is 30.5 Å². The number of aromatic nitrogens is 2. The monoisotopic (exact) mass is 284 g/mol. The Bertz CT molecular complexity index is 579. The Balaban J connectivity index is 1.72. The SMILES string of the molecule is Fc1ccc([C@]2(F)C[C@@H](c3noc(CCl)n3)C2)cc1. The van der Waals surface area contributed by atoms with Gasteiger partial charge in [0, 0.05) is 5.92 Å². The third kappa shape index (κ3) is 2.23. The van der Waals surface area contributed by atoms with Crippen molar-refractivity contribution in [3.8, 4) is 0 Å². The summed E-state index contributed by atoms with van der Waals surface area (Å²) in [5, 5.41) is 3.79. The normalized spacial score (nSPS) is 26.2. The standard InChI is InChI=1S/C13H11ClF2N2O/c14-7-11-17-12(18-19-11)8-5-13(16,6-8)9-1-3-10(15)4-2-9/h1-4,8H,5-7H2/t8-,13+. The highest BCUT2D eigenvalue weighted by atomic mass is 35.5. The summed E-state index contributed by atoms with van der Waals surface area (Å²) in [6.07, 6.45) is 0.555. The van der Waals surface area contributed by atoms with Crippen molar-refractivity contribution in [3.05, 3.63) is 47.4 Å². The molecule has 1 saturated carbocycles. The molecule has 100 valence electrons. The van der Waals surface area contributed by atoms with Crippen LogP contribution in [0.25, 0.3) is 0 Å². The van der Waals surface area contributed by atoms with Crippen LogP contribution in [0.5, 0.6) is 0 Å². The van der Waals surface area contributed by atoms with E-state index in [9.17, 15) is 8.78 Å². The lowest BCUT2D eigenvalue weighted by atomic mass is 9.68. The summed E-state index contributed by atoms with van der Waals surface area (Å²) in [5.74, 6) is 0.545. The first kappa shape index (κ1) is 12.5. The molecule has 1 aromatic carbocycles. The first-order chi connectivity index (χ1) is 9.10. The molecular formula is C13H11ClF2N2O. The van der Waals surface area contributed by atoms with Crippen molar-refractivity contribution in [2.45, 2.75) is 30.3 Å². The zero-order valence-corrected chi connectivity index (χ0v) is 10.7. The maximum atomic E-state index is 14.6. The van der Waals surface area contributed by atoms with Gasteiger partial charge in [-0.3, -0.25) is 0 Å². The van der Waals surface area contributed by atoms with Crippen LogP contribution >= 0.6 is 11.6 Å². The van der Waals surface area contributed by atoms with E-state index in [0.29, 0.717) is 17.3 Å². The van der Waals surface area contributed by atoms with Crippen LogP contribution in [0.1, 0.15) is 36.0 Å². The highest BCUT2D eigenvalue weighted by Crippen LogP contribution is 2.52. The maximum absolute atomic E-state index is 14.6. The molecule has 1 aliphatic carbocycles. The summed E-state index contributed by atoms with van der Waals surface area (Å²) in [7, 11) is 0. The van der Waals surface area contributed by atoms with Gasteiger partial charge in [-0.15, -0.1) is 11.6 Å². The van der Waals surface area contributed by atoms with Crippen molar-refractivity contribution >= 4 is 11.6 Å². The predicted molar refractivity (Wildman–Crippen MR) is 65.0 cm³/mol. The summed E-state index contributed by atoms with van der Waals surface area (Å²) < 4.78 is 32.3. The van der Waals surface area contributed by atoms with E-state index in [4.69, 9.17) is 16.1 Å². The molecule has 0 spiro atoms. The van der Waals surface area contributed by atoms with E-state index in [0.717, 1.165) is 0 Å². The van der Waals surface area contributed by atoms with Gasteiger partial charge in [-0.2, -0.15) is 4.98 Å². The molecule has 0 amide bonds. The van der Waals surface area contributed by atoms with E-state index in [1.807, 2.05) is 0 Å². The lowest BCUT2D eigenvalue weighted by molar-refractivity contribution is 0.0335. The fourth-order valence-electron chi connectivity index (χ4n) is 2.38. The van der Waals surface area contributed by atoms with Crippen LogP contribution in [0.15, 0.2) is 28.8 Å². The molecule has 3 rings (SSSR count). The first-order valence-corrected chi connectivity index (χ1v) is 6.47. The van der Waals surface area contributed by atoms with Crippen molar-refractivity contribution in [2.24, 2.45) is 0 Å². The Labute approximate surface area is 113 Å². The minimum absolute atomic E-state index is 0.0734. The fourth-order valence-corrected chi connectivity index (χ4v) is 2.48. The third-order valence-electron chi connectivity index (χ3n) is 3.46. The van der Waals surface area contributed by atoms with E-state index in [2.05, 4.69) is 10.1 Å². The van der Waals surface area contributed by atoms with Gasteiger partial charge in [0.2, 0.25) is 5.89 Å². The molecular weight excluding hydrogens is 274 g/mol. The van der Waals surface area contributed by atoms with Crippen LogP contribution in [-0.4, -0.2) is 10.1 Å². The summed E-state index contributed by atoms with van der Waals surface area (Å²) in [6, 6.07) is 5.49. The molecule has 1 heterocycles. The molecule has 0 N–H and O–H groups in total. The topological polar surface area (TPSA) is 38.9 Å². The lowest BCUT2D eigenvalue weighted by Crippen LogP contribution is -2.36. The van der Waals surface area contributed by atoms with Gasteiger partial charge in [-0.25, -0.2) is 8.78 Å². The van der Waals surface area contributed by atoms with E-state index >= 15 is 0 Å². The molecule has 0 bridgehead atoms. The van der Waals surface area contributed by atoms with E-state index in [1.165, 1.54) is 24.3 Å². The van der Waals surface area contributed by atoms with Crippen molar-refractivity contribution in [1.82, 2.24) is 10.1 Å². The predicted octanol–water partition coefficient (Wildman–Crippen LogP) is 3.69. The van der Waals surface area contributed by atoms with Gasteiger partial charge in [0.15, 0.2) is 5.82 Å². The van der Waals surface area contributed by atoms with E-state index < -0.39 is 5.67 Å². The van der Waals surface area contributed by atoms with Crippen LogP contribution in [0.4, 0.5) is 8.78 Å². The second-order valence-electron chi connectivity index (χ2n) is 4.76.